The molecule has 1 aliphatic heterocycles. The molecule has 140 valence electrons. The smallest absolute Gasteiger partial charge is 0.342 e. The van der Waals surface area contributed by atoms with Crippen LogP contribution in [0.1, 0.15) is 42.5 Å². The summed E-state index contributed by atoms with van der Waals surface area (Å²) < 4.78 is 5.37. The zero-order chi connectivity index (χ0) is 18.6. The fraction of sp³-hybridized carbons (Fsp3) is 0.632. The number of hydrogen-bond donors (Lipinski definition) is 1. The average Bonchev–Trinajstić information content (AvgIpc) is 2.59. The van der Waals surface area contributed by atoms with E-state index in [-0.39, 0.29) is 18.1 Å². The Bertz CT molecular complexity index is 598. The van der Waals surface area contributed by atoms with E-state index in [1.807, 2.05) is 26.0 Å². The molecule has 0 aliphatic carbocycles. The molecule has 1 aliphatic rings. The molecule has 0 aromatic heterocycles. The number of likely N-dealkylation sites (tertiary alicyclic amines) is 1. The normalized spacial score (nSPS) is 17.2. The summed E-state index contributed by atoms with van der Waals surface area (Å²) in [5.74, 6) is 0.865. The van der Waals surface area contributed by atoms with Gasteiger partial charge in [-0.2, -0.15) is 0 Å². The van der Waals surface area contributed by atoms with Gasteiger partial charge in [0.1, 0.15) is 5.75 Å². The van der Waals surface area contributed by atoms with E-state index in [1.54, 1.807) is 14.2 Å². The van der Waals surface area contributed by atoms with Crippen molar-refractivity contribution in [1.29, 1.82) is 0 Å². The Balaban J connectivity index is 2.07. The zero-order valence-corrected chi connectivity index (χ0v) is 16.3. The molecule has 1 aromatic rings. The summed E-state index contributed by atoms with van der Waals surface area (Å²) in [6.45, 7) is 8.04. The first-order chi connectivity index (χ1) is 11.9. The van der Waals surface area contributed by atoms with Gasteiger partial charge in [-0.1, -0.05) is 6.07 Å². The SMILES string of the molecule is COc1ccc([C@H](C)NC(=O)N(OC)C2CCN(C)CC2)c(C)c1C. The molecule has 0 unspecified atom stereocenters. The van der Waals surface area contributed by atoms with Gasteiger partial charge in [-0.05, 0) is 76.5 Å². The average molecular weight is 349 g/mol. The zero-order valence-electron chi connectivity index (χ0n) is 16.3. The van der Waals surface area contributed by atoms with E-state index < -0.39 is 0 Å². The Morgan fingerprint density at radius 3 is 2.44 bits per heavy atom. The van der Waals surface area contributed by atoms with Crippen molar-refractivity contribution in [3.63, 3.8) is 0 Å². The number of carbonyl (C=O) groups excluding carboxylic acids is 1. The number of methoxy groups -OCH3 is 1. The van der Waals surface area contributed by atoms with Crippen LogP contribution in [-0.4, -0.2) is 56.4 Å². The van der Waals surface area contributed by atoms with Gasteiger partial charge >= 0.3 is 6.03 Å². The third kappa shape index (κ3) is 4.44. The number of piperidine rings is 1. The standard InChI is InChI=1S/C19H31N3O3/c1-13-14(2)18(24-5)8-7-17(13)15(3)20-19(23)22(25-6)16-9-11-21(4)12-10-16/h7-8,15-16H,9-12H2,1-6H3,(H,20,23)/t15-/m0/s1. The molecular formula is C19H31N3O3. The second-order valence-electron chi connectivity index (χ2n) is 6.82. The summed E-state index contributed by atoms with van der Waals surface area (Å²) in [5, 5.41) is 4.56. The van der Waals surface area contributed by atoms with Gasteiger partial charge in [0.2, 0.25) is 0 Å². The minimum atomic E-state index is -0.183. The molecule has 6 nitrogen and oxygen atoms in total. The predicted molar refractivity (Wildman–Crippen MR) is 98.8 cm³/mol. The van der Waals surface area contributed by atoms with Crippen LogP contribution in [0.3, 0.4) is 0 Å². The number of carbonyl (C=O) groups is 1. The maximum absolute atomic E-state index is 12.7. The van der Waals surface area contributed by atoms with Crippen LogP contribution >= 0.6 is 0 Å². The number of nitrogens with zero attached hydrogens (tertiary/aromatic N) is 2. The second-order valence-corrected chi connectivity index (χ2v) is 6.82. The second kappa shape index (κ2) is 8.54. The van der Waals surface area contributed by atoms with Crippen molar-refractivity contribution in [2.75, 3.05) is 34.4 Å². The molecule has 1 saturated heterocycles. The Hall–Kier alpha value is -1.79. The summed E-state index contributed by atoms with van der Waals surface area (Å²) >= 11 is 0. The lowest BCUT2D eigenvalue weighted by molar-refractivity contribution is -0.127. The van der Waals surface area contributed by atoms with E-state index in [0.717, 1.165) is 48.4 Å². The van der Waals surface area contributed by atoms with Crippen LogP contribution in [0.15, 0.2) is 12.1 Å². The number of ether oxygens (including phenoxy) is 1. The highest BCUT2D eigenvalue weighted by Crippen LogP contribution is 2.28. The van der Waals surface area contributed by atoms with Crippen molar-refractivity contribution in [3.05, 3.63) is 28.8 Å². The van der Waals surface area contributed by atoms with Crippen molar-refractivity contribution in [2.45, 2.75) is 45.7 Å². The maximum atomic E-state index is 12.7. The fourth-order valence-corrected chi connectivity index (χ4v) is 3.46. The fourth-order valence-electron chi connectivity index (χ4n) is 3.46. The highest BCUT2D eigenvalue weighted by molar-refractivity contribution is 5.74. The molecule has 1 aromatic carbocycles. The molecule has 1 atom stereocenters. The molecule has 0 spiro atoms. The van der Waals surface area contributed by atoms with Gasteiger partial charge in [0.15, 0.2) is 0 Å². The van der Waals surface area contributed by atoms with Crippen LogP contribution in [0.4, 0.5) is 4.79 Å². The third-order valence-corrected chi connectivity index (χ3v) is 5.22. The lowest BCUT2D eigenvalue weighted by Gasteiger charge is -2.36. The topological polar surface area (TPSA) is 54.0 Å². The van der Waals surface area contributed by atoms with E-state index in [9.17, 15) is 4.79 Å². The number of amides is 2. The first-order valence-electron chi connectivity index (χ1n) is 8.85. The van der Waals surface area contributed by atoms with Gasteiger partial charge in [0.25, 0.3) is 0 Å². The molecule has 0 saturated carbocycles. The first-order valence-corrected chi connectivity index (χ1v) is 8.85. The Morgan fingerprint density at radius 2 is 1.88 bits per heavy atom. The minimum Gasteiger partial charge on any atom is -0.496 e. The molecule has 6 heteroatoms. The highest BCUT2D eigenvalue weighted by atomic mass is 16.7. The summed E-state index contributed by atoms with van der Waals surface area (Å²) in [6, 6.07) is 3.79. The lowest BCUT2D eigenvalue weighted by atomic mass is 9.97. The number of nitrogens with one attached hydrogen (secondary N) is 1. The molecule has 25 heavy (non-hydrogen) atoms. The highest BCUT2D eigenvalue weighted by Gasteiger charge is 2.28. The van der Waals surface area contributed by atoms with Crippen molar-refractivity contribution in [1.82, 2.24) is 15.3 Å². The van der Waals surface area contributed by atoms with Crippen molar-refractivity contribution in [2.24, 2.45) is 0 Å². The van der Waals surface area contributed by atoms with E-state index in [1.165, 1.54) is 5.06 Å². The van der Waals surface area contributed by atoms with Gasteiger partial charge in [0, 0.05) is 0 Å². The first kappa shape index (κ1) is 19.5. The maximum Gasteiger partial charge on any atom is 0.342 e. The predicted octanol–water partition coefficient (Wildman–Crippen LogP) is 3.04. The minimum absolute atomic E-state index is 0.110. The van der Waals surface area contributed by atoms with Crippen LogP contribution in [0.2, 0.25) is 0 Å². The molecular weight excluding hydrogens is 318 g/mol. The molecule has 0 bridgehead atoms. The van der Waals surface area contributed by atoms with E-state index in [0.29, 0.717) is 0 Å². The van der Waals surface area contributed by atoms with Crippen LogP contribution in [0.5, 0.6) is 5.75 Å². The van der Waals surface area contributed by atoms with Gasteiger partial charge in [-0.15, -0.1) is 0 Å². The Morgan fingerprint density at radius 1 is 1.24 bits per heavy atom. The quantitative estimate of drug-likeness (QED) is 0.830. The van der Waals surface area contributed by atoms with Gasteiger partial charge in [-0.25, -0.2) is 9.86 Å². The van der Waals surface area contributed by atoms with Crippen LogP contribution in [0.25, 0.3) is 0 Å². The van der Waals surface area contributed by atoms with E-state index in [2.05, 4.69) is 24.2 Å². The van der Waals surface area contributed by atoms with E-state index >= 15 is 0 Å². The monoisotopic (exact) mass is 349 g/mol. The van der Waals surface area contributed by atoms with Gasteiger partial charge in [0.05, 0.1) is 26.3 Å². The number of benzene rings is 1. The largest absolute Gasteiger partial charge is 0.496 e. The number of hydroxylamine groups is 2. The molecule has 1 fully saturated rings. The van der Waals surface area contributed by atoms with Crippen molar-refractivity contribution in [3.8, 4) is 5.75 Å². The third-order valence-electron chi connectivity index (χ3n) is 5.22. The summed E-state index contributed by atoms with van der Waals surface area (Å²) in [4.78, 5) is 20.4. The molecule has 1 N–H and O–H groups in total. The summed E-state index contributed by atoms with van der Waals surface area (Å²) in [5.41, 5.74) is 3.32. The van der Waals surface area contributed by atoms with Crippen molar-refractivity contribution < 1.29 is 14.4 Å². The van der Waals surface area contributed by atoms with Crippen LogP contribution in [0, 0.1) is 13.8 Å². The molecule has 2 rings (SSSR count). The Labute approximate surface area is 151 Å². The number of rotatable bonds is 5. The molecule has 2 amide bonds. The van der Waals surface area contributed by atoms with Crippen LogP contribution < -0.4 is 10.1 Å². The number of hydrogen-bond acceptors (Lipinski definition) is 4. The molecule has 0 radical (unpaired) electrons. The summed E-state index contributed by atoms with van der Waals surface area (Å²) in [6.07, 6.45) is 1.85. The van der Waals surface area contributed by atoms with Crippen LogP contribution in [-0.2, 0) is 4.84 Å². The Kier molecular flexibility index (Phi) is 6.67. The summed E-state index contributed by atoms with van der Waals surface area (Å²) in [7, 11) is 5.33. The van der Waals surface area contributed by atoms with Crippen molar-refractivity contribution >= 4 is 6.03 Å². The lowest BCUT2D eigenvalue weighted by Crippen LogP contribution is -2.50. The van der Waals surface area contributed by atoms with Gasteiger partial charge in [-0.3, -0.25) is 4.84 Å². The molecule has 1 heterocycles. The van der Waals surface area contributed by atoms with E-state index in [4.69, 9.17) is 9.57 Å². The van der Waals surface area contributed by atoms with Gasteiger partial charge < -0.3 is 15.0 Å². The number of urea groups is 1.